The fourth-order valence-corrected chi connectivity index (χ4v) is 6.91. The molecular weight excluding hydrogens is 536 g/mol. The summed E-state index contributed by atoms with van der Waals surface area (Å²) in [4.78, 5) is 0. The summed E-state index contributed by atoms with van der Waals surface area (Å²) in [5.74, 6) is 0. The SMILES string of the molecule is [2H]c1c([2H])c([2H])c2c(-c3cccc4c3oc3ccc5oc6ccccc6c5c34)c3c([2H])c([2H])c([2H])c([2H])c3c(-c3cccc4ccccc34)c2c1[2H]. The van der Waals surface area contributed by atoms with Crippen molar-refractivity contribution >= 4 is 76.2 Å². The van der Waals surface area contributed by atoms with E-state index in [0.29, 0.717) is 33.4 Å². The molecule has 0 fully saturated rings. The molecule has 8 aromatic carbocycles. The van der Waals surface area contributed by atoms with E-state index in [1.54, 1.807) is 6.07 Å². The van der Waals surface area contributed by atoms with Gasteiger partial charge in [-0.05, 0) is 61.6 Å². The van der Waals surface area contributed by atoms with Crippen LogP contribution in [0.15, 0.2) is 154 Å². The zero-order chi connectivity index (χ0) is 35.7. The van der Waals surface area contributed by atoms with Gasteiger partial charge >= 0.3 is 0 Å². The largest absolute Gasteiger partial charge is 0.456 e. The van der Waals surface area contributed by atoms with Crippen LogP contribution in [0.3, 0.4) is 0 Å². The highest BCUT2D eigenvalue weighted by Gasteiger charge is 2.22. The van der Waals surface area contributed by atoms with Crippen molar-refractivity contribution in [1.82, 2.24) is 0 Å². The first-order valence-electron chi connectivity index (χ1n) is 18.4. The zero-order valence-electron chi connectivity index (χ0n) is 31.1. The van der Waals surface area contributed by atoms with Gasteiger partial charge in [0.15, 0.2) is 0 Å². The molecule has 0 aliphatic heterocycles. The Morgan fingerprint density at radius 1 is 0.386 bits per heavy atom. The van der Waals surface area contributed by atoms with Gasteiger partial charge in [-0.15, -0.1) is 0 Å². The van der Waals surface area contributed by atoms with Crippen molar-refractivity contribution in [2.45, 2.75) is 0 Å². The first-order valence-corrected chi connectivity index (χ1v) is 14.4. The number of fused-ring (bicyclic) bond motifs is 10. The van der Waals surface area contributed by atoms with Crippen molar-refractivity contribution in [2.24, 2.45) is 0 Å². The molecule has 0 unspecified atom stereocenters. The van der Waals surface area contributed by atoms with Gasteiger partial charge in [-0.3, -0.25) is 0 Å². The molecule has 0 N–H and O–H groups in total. The fourth-order valence-electron chi connectivity index (χ4n) is 6.91. The van der Waals surface area contributed by atoms with E-state index in [4.69, 9.17) is 14.3 Å². The number of furan rings is 2. The van der Waals surface area contributed by atoms with Gasteiger partial charge in [-0.25, -0.2) is 0 Å². The molecule has 2 heterocycles. The van der Waals surface area contributed by atoms with Gasteiger partial charge in [-0.1, -0.05) is 127 Å². The average molecular weight is 569 g/mol. The van der Waals surface area contributed by atoms with E-state index in [1.165, 1.54) is 0 Å². The standard InChI is InChI=1S/C42H24O2/c1-2-13-26-25(11-1)12-9-19-27(26)38-28-14-3-5-16-30(28)39(31-17-6-4-15-29(31)38)33-20-10-21-34-41-37(44-42(33)34)24-23-36-40(41)32-18-7-8-22-35(32)43-36/h1-24H/i3D,4D,5D,6D,14D,15D,16D,17D. The van der Waals surface area contributed by atoms with Gasteiger partial charge in [0.1, 0.15) is 22.3 Å². The molecule has 0 atom stereocenters. The van der Waals surface area contributed by atoms with Crippen LogP contribution in [0, 0.1) is 0 Å². The van der Waals surface area contributed by atoms with E-state index in [-0.39, 0.29) is 51.3 Å². The lowest BCUT2D eigenvalue weighted by Gasteiger charge is -2.18. The van der Waals surface area contributed by atoms with E-state index in [2.05, 4.69) is 0 Å². The van der Waals surface area contributed by atoms with Gasteiger partial charge in [-0.2, -0.15) is 0 Å². The topological polar surface area (TPSA) is 26.3 Å². The third-order valence-electron chi connectivity index (χ3n) is 8.70. The second-order valence-corrected chi connectivity index (χ2v) is 11.0. The molecule has 0 saturated heterocycles. The maximum atomic E-state index is 9.40. The van der Waals surface area contributed by atoms with Gasteiger partial charge < -0.3 is 8.83 Å². The van der Waals surface area contributed by atoms with Gasteiger partial charge in [0.25, 0.3) is 0 Å². The predicted molar refractivity (Wildman–Crippen MR) is 184 cm³/mol. The Hall–Kier alpha value is -5.86. The summed E-state index contributed by atoms with van der Waals surface area (Å²) in [7, 11) is 0. The molecule has 0 spiro atoms. The molecule has 0 aliphatic rings. The molecule has 2 nitrogen and oxygen atoms in total. The second kappa shape index (κ2) is 8.82. The Bertz CT molecular complexity index is 3140. The van der Waals surface area contributed by atoms with E-state index >= 15 is 0 Å². The number of para-hydroxylation sites is 2. The van der Waals surface area contributed by atoms with E-state index in [0.717, 1.165) is 37.9 Å². The van der Waals surface area contributed by atoms with Gasteiger partial charge in [0, 0.05) is 32.7 Å². The molecule has 10 aromatic rings. The van der Waals surface area contributed by atoms with Crippen LogP contribution in [-0.4, -0.2) is 0 Å². The minimum atomic E-state index is -0.453. The predicted octanol–water partition coefficient (Wildman–Crippen LogP) is 12.3. The highest BCUT2D eigenvalue weighted by Crippen LogP contribution is 2.48. The molecule has 0 saturated carbocycles. The summed E-state index contributed by atoms with van der Waals surface area (Å²) >= 11 is 0. The van der Waals surface area contributed by atoms with Gasteiger partial charge in [0.2, 0.25) is 0 Å². The minimum Gasteiger partial charge on any atom is -0.456 e. The molecule has 0 bridgehead atoms. The Morgan fingerprint density at radius 2 is 0.909 bits per heavy atom. The molecule has 0 amide bonds. The van der Waals surface area contributed by atoms with Crippen molar-refractivity contribution in [2.75, 3.05) is 0 Å². The van der Waals surface area contributed by atoms with Crippen molar-refractivity contribution in [3.8, 4) is 22.3 Å². The Morgan fingerprint density at radius 3 is 1.66 bits per heavy atom. The maximum absolute atomic E-state index is 9.40. The van der Waals surface area contributed by atoms with Crippen LogP contribution in [0.2, 0.25) is 0 Å². The smallest absolute Gasteiger partial charge is 0.143 e. The number of hydrogen-bond acceptors (Lipinski definition) is 2. The number of hydrogen-bond donors (Lipinski definition) is 0. The van der Waals surface area contributed by atoms with Crippen molar-refractivity contribution in [3.05, 3.63) is 145 Å². The van der Waals surface area contributed by atoms with Crippen LogP contribution in [0.5, 0.6) is 0 Å². The summed E-state index contributed by atoms with van der Waals surface area (Å²) in [5.41, 5.74) is 3.97. The Balaban J connectivity index is 1.49. The average Bonchev–Trinajstić information content (AvgIpc) is 3.74. The lowest BCUT2D eigenvalue weighted by atomic mass is 9.84. The molecule has 0 radical (unpaired) electrons. The Labute approximate surface area is 263 Å². The lowest BCUT2D eigenvalue weighted by Crippen LogP contribution is -1.91. The minimum absolute atomic E-state index is 0.137. The van der Waals surface area contributed by atoms with Crippen molar-refractivity contribution in [3.63, 3.8) is 0 Å². The van der Waals surface area contributed by atoms with Crippen LogP contribution >= 0.6 is 0 Å². The third-order valence-corrected chi connectivity index (χ3v) is 8.70. The summed E-state index contributed by atoms with van der Waals surface area (Å²) in [6.07, 6.45) is 0. The van der Waals surface area contributed by atoms with E-state index in [9.17, 15) is 5.48 Å². The molecule has 2 heteroatoms. The quantitative estimate of drug-likeness (QED) is 0.194. The molecule has 44 heavy (non-hydrogen) atoms. The molecule has 2 aromatic heterocycles. The highest BCUT2D eigenvalue weighted by molar-refractivity contribution is 6.29. The molecule has 10 rings (SSSR count). The van der Waals surface area contributed by atoms with E-state index < -0.39 is 24.2 Å². The van der Waals surface area contributed by atoms with E-state index in [1.807, 2.05) is 91.0 Å². The van der Waals surface area contributed by atoms with Crippen LogP contribution in [0.1, 0.15) is 11.0 Å². The zero-order valence-corrected chi connectivity index (χ0v) is 23.1. The number of rotatable bonds is 2. The van der Waals surface area contributed by atoms with Crippen LogP contribution in [0.25, 0.3) is 98.4 Å². The molecule has 204 valence electrons. The summed E-state index contributed by atoms with van der Waals surface area (Å²) in [6.45, 7) is 0. The molecule has 0 aliphatic carbocycles. The van der Waals surface area contributed by atoms with Gasteiger partial charge in [0.05, 0.1) is 11.0 Å². The van der Waals surface area contributed by atoms with Crippen LogP contribution in [0.4, 0.5) is 0 Å². The number of benzene rings is 8. The normalized spacial score (nSPS) is 14.6. The molecular formula is C42H24O2. The van der Waals surface area contributed by atoms with Crippen molar-refractivity contribution in [1.29, 1.82) is 0 Å². The first kappa shape index (κ1) is 17.3. The summed E-state index contributed by atoms with van der Waals surface area (Å²) in [5, 5.41) is 5.56. The first-order chi connectivity index (χ1) is 25.2. The fraction of sp³-hybridized carbons (Fsp3) is 0. The third kappa shape index (κ3) is 3.14. The van der Waals surface area contributed by atoms with Crippen LogP contribution < -0.4 is 0 Å². The van der Waals surface area contributed by atoms with Crippen LogP contribution in [-0.2, 0) is 0 Å². The summed E-state index contributed by atoms with van der Waals surface area (Å²) < 4.78 is 85.6. The maximum Gasteiger partial charge on any atom is 0.143 e. The lowest BCUT2D eigenvalue weighted by molar-refractivity contribution is 0.663. The monoisotopic (exact) mass is 568 g/mol. The highest BCUT2D eigenvalue weighted by atomic mass is 16.3. The Kier molecular flexibility index (Phi) is 3.47. The van der Waals surface area contributed by atoms with Crippen molar-refractivity contribution < 1.29 is 19.8 Å². The summed E-state index contributed by atoms with van der Waals surface area (Å²) in [6, 6.07) is 27.2. The second-order valence-electron chi connectivity index (χ2n) is 11.0.